The van der Waals surface area contributed by atoms with Gasteiger partial charge in [0.25, 0.3) is 5.91 Å². The molecule has 3 heteroatoms. The zero-order valence-corrected chi connectivity index (χ0v) is 15.1. The number of piperidine rings is 3. The Morgan fingerprint density at radius 1 is 1.12 bits per heavy atom. The van der Waals surface area contributed by atoms with Gasteiger partial charge in [0.05, 0.1) is 0 Å². The third kappa shape index (κ3) is 3.45. The quantitative estimate of drug-likeness (QED) is 0.831. The summed E-state index contributed by atoms with van der Waals surface area (Å²) >= 11 is 0. The highest BCUT2D eigenvalue weighted by molar-refractivity contribution is 5.94. The summed E-state index contributed by atoms with van der Waals surface area (Å²) < 4.78 is 0. The first-order chi connectivity index (χ1) is 12.7. The highest BCUT2D eigenvalue weighted by Gasteiger charge is 2.38. The van der Waals surface area contributed by atoms with E-state index in [0.29, 0.717) is 12.0 Å². The van der Waals surface area contributed by atoms with Gasteiger partial charge in [-0.15, -0.1) is 6.58 Å². The van der Waals surface area contributed by atoms with Crippen LogP contribution >= 0.6 is 0 Å². The third-order valence-electron chi connectivity index (χ3n) is 5.98. The lowest BCUT2D eigenvalue weighted by Crippen LogP contribution is -2.56. The van der Waals surface area contributed by atoms with Crippen LogP contribution < -0.4 is 5.32 Å². The second-order valence-corrected chi connectivity index (χ2v) is 7.49. The van der Waals surface area contributed by atoms with E-state index in [9.17, 15) is 4.79 Å². The molecule has 1 N–H and O–H groups in total. The summed E-state index contributed by atoms with van der Waals surface area (Å²) in [5.41, 5.74) is 3.03. The molecule has 3 saturated heterocycles. The average molecular weight is 346 g/mol. The Hall–Kier alpha value is -2.39. The number of carbonyl (C=O) groups excluding carboxylic acids is 1. The Morgan fingerprint density at radius 2 is 1.85 bits per heavy atom. The number of nitrogens with one attached hydrogen (secondary N) is 1. The van der Waals surface area contributed by atoms with E-state index in [-0.39, 0.29) is 5.91 Å². The first kappa shape index (κ1) is 17.0. The van der Waals surface area contributed by atoms with Crippen LogP contribution in [-0.4, -0.2) is 36.5 Å². The van der Waals surface area contributed by atoms with Gasteiger partial charge in [-0.3, -0.25) is 9.69 Å². The van der Waals surface area contributed by atoms with Crippen molar-refractivity contribution in [2.45, 2.75) is 18.9 Å². The molecule has 0 aromatic heterocycles. The molecule has 4 atom stereocenters. The van der Waals surface area contributed by atoms with Crippen LogP contribution in [0, 0.1) is 11.8 Å². The SMILES string of the molecule is C=C[C@H]1CN2CC[C@H]1C[C@@H]2CNC(=O)c1ccc(-c2ccccc2)cc1. The summed E-state index contributed by atoms with van der Waals surface area (Å²) in [6.45, 7) is 6.96. The predicted octanol–water partition coefficient (Wildman–Crippen LogP) is 3.98. The summed E-state index contributed by atoms with van der Waals surface area (Å²) in [6.07, 6.45) is 4.55. The van der Waals surface area contributed by atoms with Crippen LogP contribution in [0.5, 0.6) is 0 Å². The number of nitrogens with zero attached hydrogens (tertiary/aromatic N) is 1. The van der Waals surface area contributed by atoms with Gasteiger partial charge >= 0.3 is 0 Å². The van der Waals surface area contributed by atoms with Crippen molar-refractivity contribution in [3.05, 3.63) is 72.8 Å². The fourth-order valence-corrected chi connectivity index (χ4v) is 4.42. The van der Waals surface area contributed by atoms with Crippen LogP contribution in [0.2, 0.25) is 0 Å². The Morgan fingerprint density at radius 3 is 2.50 bits per heavy atom. The third-order valence-corrected chi connectivity index (χ3v) is 5.98. The molecule has 134 valence electrons. The summed E-state index contributed by atoms with van der Waals surface area (Å²) in [5, 5.41) is 3.14. The lowest BCUT2D eigenvalue weighted by molar-refractivity contribution is 0.0195. The first-order valence-corrected chi connectivity index (χ1v) is 9.55. The minimum Gasteiger partial charge on any atom is -0.350 e. The normalized spacial score (nSPS) is 27.1. The minimum atomic E-state index is 0.0209. The number of hydrogen-bond donors (Lipinski definition) is 1. The van der Waals surface area contributed by atoms with E-state index < -0.39 is 0 Å². The van der Waals surface area contributed by atoms with E-state index in [2.05, 4.69) is 35.0 Å². The topological polar surface area (TPSA) is 32.3 Å². The van der Waals surface area contributed by atoms with E-state index >= 15 is 0 Å². The van der Waals surface area contributed by atoms with Crippen LogP contribution in [0.3, 0.4) is 0 Å². The molecule has 0 saturated carbocycles. The van der Waals surface area contributed by atoms with Crippen LogP contribution in [0.25, 0.3) is 11.1 Å². The number of rotatable bonds is 5. The van der Waals surface area contributed by atoms with Gasteiger partial charge in [-0.2, -0.15) is 0 Å². The zero-order chi connectivity index (χ0) is 17.9. The van der Waals surface area contributed by atoms with Crippen LogP contribution in [0.15, 0.2) is 67.3 Å². The molecule has 3 aliphatic heterocycles. The van der Waals surface area contributed by atoms with E-state index in [1.54, 1.807) is 0 Å². The summed E-state index contributed by atoms with van der Waals surface area (Å²) in [5.74, 6) is 1.39. The van der Waals surface area contributed by atoms with Gasteiger partial charge in [0, 0.05) is 24.7 Å². The molecular weight excluding hydrogens is 320 g/mol. The number of fused-ring (bicyclic) bond motifs is 3. The summed E-state index contributed by atoms with van der Waals surface area (Å²) in [6, 6.07) is 18.6. The second-order valence-electron chi connectivity index (χ2n) is 7.49. The minimum absolute atomic E-state index is 0.0209. The summed E-state index contributed by atoms with van der Waals surface area (Å²) in [4.78, 5) is 15.0. The lowest BCUT2D eigenvalue weighted by Gasteiger charge is -2.49. The highest BCUT2D eigenvalue weighted by atomic mass is 16.1. The van der Waals surface area contributed by atoms with Gasteiger partial charge in [0.1, 0.15) is 0 Å². The van der Waals surface area contributed by atoms with Gasteiger partial charge in [-0.1, -0.05) is 48.5 Å². The molecule has 0 aliphatic carbocycles. The van der Waals surface area contributed by atoms with Crippen molar-refractivity contribution in [3.63, 3.8) is 0 Å². The molecule has 2 bridgehead atoms. The monoisotopic (exact) mass is 346 g/mol. The van der Waals surface area contributed by atoms with E-state index in [1.165, 1.54) is 18.4 Å². The molecule has 3 aliphatic rings. The van der Waals surface area contributed by atoms with Gasteiger partial charge < -0.3 is 5.32 Å². The van der Waals surface area contributed by atoms with Crippen LogP contribution in [0.1, 0.15) is 23.2 Å². The Labute approximate surface area is 155 Å². The van der Waals surface area contributed by atoms with E-state index in [0.717, 1.165) is 36.7 Å². The molecule has 0 radical (unpaired) electrons. The van der Waals surface area contributed by atoms with Crippen molar-refractivity contribution in [2.75, 3.05) is 19.6 Å². The van der Waals surface area contributed by atoms with Crippen molar-refractivity contribution >= 4 is 5.91 Å². The van der Waals surface area contributed by atoms with Crippen molar-refractivity contribution in [1.82, 2.24) is 10.2 Å². The molecular formula is C23H26N2O. The van der Waals surface area contributed by atoms with Crippen LogP contribution in [0.4, 0.5) is 0 Å². The van der Waals surface area contributed by atoms with Gasteiger partial charge in [-0.05, 0) is 54.5 Å². The molecule has 1 amide bonds. The highest BCUT2D eigenvalue weighted by Crippen LogP contribution is 2.36. The smallest absolute Gasteiger partial charge is 0.251 e. The van der Waals surface area contributed by atoms with Crippen molar-refractivity contribution < 1.29 is 4.79 Å². The molecule has 3 heterocycles. The maximum absolute atomic E-state index is 12.5. The van der Waals surface area contributed by atoms with E-state index in [4.69, 9.17) is 0 Å². The molecule has 5 rings (SSSR count). The summed E-state index contributed by atoms with van der Waals surface area (Å²) in [7, 11) is 0. The lowest BCUT2D eigenvalue weighted by atomic mass is 9.75. The number of carbonyl (C=O) groups is 1. The Balaban J connectivity index is 1.35. The van der Waals surface area contributed by atoms with Crippen LogP contribution in [-0.2, 0) is 0 Å². The van der Waals surface area contributed by atoms with Gasteiger partial charge in [0.2, 0.25) is 0 Å². The molecule has 3 nitrogen and oxygen atoms in total. The molecule has 1 unspecified atom stereocenters. The zero-order valence-electron chi connectivity index (χ0n) is 15.1. The number of hydrogen-bond acceptors (Lipinski definition) is 2. The molecule has 2 aromatic carbocycles. The van der Waals surface area contributed by atoms with E-state index in [1.807, 2.05) is 42.5 Å². The molecule has 3 fully saturated rings. The second kappa shape index (κ2) is 7.46. The van der Waals surface area contributed by atoms with Gasteiger partial charge in [-0.25, -0.2) is 0 Å². The maximum Gasteiger partial charge on any atom is 0.251 e. The molecule has 0 spiro atoms. The Bertz CT molecular complexity index is 769. The first-order valence-electron chi connectivity index (χ1n) is 9.55. The number of amides is 1. The van der Waals surface area contributed by atoms with Gasteiger partial charge in [0.15, 0.2) is 0 Å². The van der Waals surface area contributed by atoms with Crippen molar-refractivity contribution in [3.8, 4) is 11.1 Å². The average Bonchev–Trinajstić information content (AvgIpc) is 2.73. The standard InChI is InChI=1S/C23H26N2O/c1-2-17-16-25-13-12-21(17)14-22(25)15-24-23(26)20-10-8-19(9-11-20)18-6-4-3-5-7-18/h2-11,17,21-22H,1,12-16H2,(H,24,26)/t17-,21-,22+/m0/s1. The number of benzene rings is 2. The fourth-order valence-electron chi connectivity index (χ4n) is 4.42. The molecule has 26 heavy (non-hydrogen) atoms. The maximum atomic E-state index is 12.5. The van der Waals surface area contributed by atoms with Crippen molar-refractivity contribution in [1.29, 1.82) is 0 Å². The predicted molar refractivity (Wildman–Crippen MR) is 106 cm³/mol. The van der Waals surface area contributed by atoms with Crippen molar-refractivity contribution in [2.24, 2.45) is 11.8 Å². The fraction of sp³-hybridized carbons (Fsp3) is 0.348. The molecule has 2 aromatic rings. The Kier molecular flexibility index (Phi) is 4.89. The largest absolute Gasteiger partial charge is 0.350 e.